The van der Waals surface area contributed by atoms with Crippen molar-refractivity contribution in [2.75, 3.05) is 0 Å². The van der Waals surface area contributed by atoms with Crippen LogP contribution in [0.4, 0.5) is 13.2 Å². The number of esters is 1. The summed E-state index contributed by atoms with van der Waals surface area (Å²) in [5.74, 6) is 3.56. The van der Waals surface area contributed by atoms with Crippen molar-refractivity contribution in [2.45, 2.75) is 31.7 Å². The van der Waals surface area contributed by atoms with Crippen LogP contribution in [0.2, 0.25) is 0 Å². The second-order valence-electron chi connectivity index (χ2n) is 8.62. The number of H-pyrrole nitrogens is 1. The fraction of sp³-hybridized carbons (Fsp3) is 0.214. The normalized spacial score (nSPS) is 13.9. The fourth-order valence-electron chi connectivity index (χ4n) is 4.05. The monoisotopic (exact) mass is 508 g/mol. The van der Waals surface area contributed by atoms with E-state index in [-0.39, 0.29) is 22.0 Å². The van der Waals surface area contributed by atoms with Gasteiger partial charge in [-0.1, -0.05) is 66.6 Å². The van der Waals surface area contributed by atoms with Gasteiger partial charge in [-0.15, -0.1) is 0 Å². The fourth-order valence-corrected chi connectivity index (χ4v) is 4.05. The van der Waals surface area contributed by atoms with E-state index in [1.807, 2.05) is 12.0 Å². The van der Waals surface area contributed by atoms with Crippen LogP contribution in [0.15, 0.2) is 71.7 Å². The summed E-state index contributed by atoms with van der Waals surface area (Å²) < 4.78 is 48.7. The van der Waals surface area contributed by atoms with Crippen LogP contribution in [0, 0.1) is 18.8 Å². The van der Waals surface area contributed by atoms with Crippen LogP contribution in [-0.4, -0.2) is 26.8 Å². The Hall–Kier alpha value is -4.29. The van der Waals surface area contributed by atoms with E-state index in [9.17, 15) is 27.9 Å². The molecule has 0 saturated carbocycles. The van der Waals surface area contributed by atoms with Gasteiger partial charge in [-0.2, -0.15) is 13.2 Å². The summed E-state index contributed by atoms with van der Waals surface area (Å²) in [5.41, 5.74) is -3.51. The zero-order chi connectivity index (χ0) is 27.0. The molecule has 6 nitrogen and oxygen atoms in total. The summed E-state index contributed by atoms with van der Waals surface area (Å²) in [6, 6.07) is 15.4. The molecule has 9 heteroatoms. The first-order valence-corrected chi connectivity index (χ1v) is 11.3. The second kappa shape index (κ2) is 9.64. The summed E-state index contributed by atoms with van der Waals surface area (Å²) in [5, 5.41) is 10.7. The Morgan fingerprint density at radius 3 is 2.27 bits per heavy atom. The first-order chi connectivity index (χ1) is 17.4. The van der Waals surface area contributed by atoms with Gasteiger partial charge in [0.15, 0.2) is 0 Å². The number of aromatic amines is 1. The number of hydrogen-bond acceptors (Lipinski definition) is 4. The van der Waals surface area contributed by atoms with Gasteiger partial charge in [0.2, 0.25) is 5.60 Å². The van der Waals surface area contributed by atoms with E-state index in [4.69, 9.17) is 4.74 Å². The van der Waals surface area contributed by atoms with Gasteiger partial charge in [-0.05, 0) is 25.3 Å². The molecule has 0 spiro atoms. The number of alkyl halides is 3. The molecule has 4 rings (SSSR count). The Morgan fingerprint density at radius 1 is 1.08 bits per heavy atom. The van der Waals surface area contributed by atoms with Crippen molar-refractivity contribution >= 4 is 16.9 Å². The van der Waals surface area contributed by atoms with Crippen molar-refractivity contribution in [2.24, 2.45) is 7.05 Å². The lowest BCUT2D eigenvalue weighted by Gasteiger charge is -2.25. The van der Waals surface area contributed by atoms with Crippen LogP contribution in [0.1, 0.15) is 45.8 Å². The third-order valence-electron chi connectivity index (χ3n) is 6.05. The molecule has 0 aliphatic heterocycles. The van der Waals surface area contributed by atoms with E-state index in [0.717, 1.165) is 22.3 Å². The average Bonchev–Trinajstić information content (AvgIpc) is 3.23. The van der Waals surface area contributed by atoms with Crippen LogP contribution >= 0.6 is 0 Å². The van der Waals surface area contributed by atoms with Crippen LogP contribution in [0.3, 0.4) is 0 Å². The predicted octanol–water partition coefficient (Wildman–Crippen LogP) is 4.89. The predicted molar refractivity (Wildman–Crippen MR) is 132 cm³/mol. The van der Waals surface area contributed by atoms with E-state index in [1.54, 1.807) is 38.1 Å². The number of ether oxygens (including phenoxy) is 1. The number of pyridine rings is 1. The third-order valence-corrected chi connectivity index (χ3v) is 6.05. The van der Waals surface area contributed by atoms with Crippen molar-refractivity contribution in [1.29, 1.82) is 0 Å². The minimum Gasteiger partial charge on any atom is -0.454 e. The highest BCUT2D eigenvalue weighted by molar-refractivity contribution is 6.07. The largest absolute Gasteiger partial charge is 0.454 e. The summed E-state index contributed by atoms with van der Waals surface area (Å²) in [6.07, 6.45) is -4.53. The second-order valence-corrected chi connectivity index (χ2v) is 8.62. The number of nitrogens with zero attached hydrogens (tertiary/aromatic N) is 1. The number of aromatic nitrogens is 2. The summed E-state index contributed by atoms with van der Waals surface area (Å²) in [4.78, 5) is 28.9. The van der Waals surface area contributed by atoms with Gasteiger partial charge in [0.1, 0.15) is 11.6 Å². The van der Waals surface area contributed by atoms with Crippen molar-refractivity contribution < 1.29 is 27.8 Å². The van der Waals surface area contributed by atoms with E-state index in [1.165, 1.54) is 31.4 Å². The molecular weight excluding hydrogens is 485 g/mol. The number of nitrogens with one attached hydrogen (secondary N) is 1. The van der Waals surface area contributed by atoms with Crippen molar-refractivity contribution in [3.63, 3.8) is 0 Å². The molecule has 0 radical (unpaired) electrons. The number of fused-ring (bicyclic) bond motifs is 1. The smallest absolute Gasteiger partial charge is 0.433 e. The number of aryl methyl sites for hydroxylation is 2. The number of aliphatic hydroxyl groups is 1. The first kappa shape index (κ1) is 25.8. The van der Waals surface area contributed by atoms with Gasteiger partial charge in [-0.3, -0.25) is 4.79 Å². The molecule has 0 aliphatic rings. The molecule has 190 valence electrons. The summed E-state index contributed by atoms with van der Waals surface area (Å²) >= 11 is 0. The molecule has 0 bridgehead atoms. The maximum absolute atomic E-state index is 14.0. The number of rotatable bonds is 4. The number of halogens is 3. The lowest BCUT2D eigenvalue weighted by molar-refractivity contribution is -0.240. The van der Waals surface area contributed by atoms with Crippen molar-refractivity contribution in [1.82, 2.24) is 9.55 Å². The van der Waals surface area contributed by atoms with Gasteiger partial charge < -0.3 is 19.4 Å². The Labute approximate surface area is 210 Å². The Morgan fingerprint density at radius 2 is 1.68 bits per heavy atom. The molecular formula is C28H23F3N2O4. The molecule has 2 atom stereocenters. The zero-order valence-corrected chi connectivity index (χ0v) is 20.2. The zero-order valence-electron chi connectivity index (χ0n) is 20.2. The summed E-state index contributed by atoms with van der Waals surface area (Å²) in [7, 11) is 1.41. The Kier molecular flexibility index (Phi) is 6.72. The average molecular weight is 508 g/mol. The molecule has 37 heavy (non-hydrogen) atoms. The van der Waals surface area contributed by atoms with E-state index >= 15 is 0 Å². The van der Waals surface area contributed by atoms with Crippen LogP contribution in [0.25, 0.3) is 10.9 Å². The van der Waals surface area contributed by atoms with Crippen LogP contribution in [-0.2, 0) is 17.4 Å². The standard InChI is InChI=1S/C28H23F3N2O4/c1-17-22(26(35)37-18(2)19-10-6-4-7-11-19)23-20(16-33(3)25(34)24(23)32-17)14-15-27(36,28(29,30)31)21-12-8-5-9-13-21/h4-13,16,18,32,36H,1-3H3. The lowest BCUT2D eigenvalue weighted by atomic mass is 9.93. The minimum absolute atomic E-state index is 0.0126. The molecule has 2 N–H and O–H groups in total. The SMILES string of the molecule is Cc1[nH]c2c(=O)n(C)cc(C#CC(O)(c3ccccc3)C(F)(F)F)c2c1C(=O)OC(C)c1ccccc1. The van der Waals surface area contributed by atoms with Gasteiger partial charge >= 0.3 is 12.1 Å². The van der Waals surface area contributed by atoms with Crippen LogP contribution < -0.4 is 5.56 Å². The number of carbonyl (C=O) groups excluding carboxylic acids is 1. The Bertz CT molecular complexity index is 1580. The minimum atomic E-state index is -5.12. The topological polar surface area (TPSA) is 84.3 Å². The lowest BCUT2D eigenvalue weighted by Crippen LogP contribution is -2.41. The molecule has 4 aromatic rings. The molecule has 2 aromatic heterocycles. The van der Waals surface area contributed by atoms with E-state index in [0.29, 0.717) is 5.69 Å². The Balaban J connectivity index is 1.87. The molecule has 2 aromatic carbocycles. The highest BCUT2D eigenvalue weighted by Gasteiger charge is 2.54. The quantitative estimate of drug-likeness (QED) is 0.304. The highest BCUT2D eigenvalue weighted by atomic mass is 19.4. The van der Waals surface area contributed by atoms with Gasteiger partial charge in [0.05, 0.1) is 11.1 Å². The van der Waals surface area contributed by atoms with Crippen molar-refractivity contribution in [3.05, 3.63) is 105 Å². The molecule has 0 aliphatic carbocycles. The van der Waals surface area contributed by atoms with Crippen molar-refractivity contribution in [3.8, 4) is 11.8 Å². The molecule has 0 amide bonds. The van der Waals surface area contributed by atoms with Gasteiger partial charge in [0.25, 0.3) is 5.56 Å². The van der Waals surface area contributed by atoms with Gasteiger partial charge in [-0.25, -0.2) is 4.79 Å². The molecule has 2 heterocycles. The number of carbonyl (C=O) groups is 1. The first-order valence-electron chi connectivity index (χ1n) is 11.3. The molecule has 0 fully saturated rings. The van der Waals surface area contributed by atoms with E-state index in [2.05, 4.69) is 10.9 Å². The third kappa shape index (κ3) is 4.76. The number of hydrogen-bond donors (Lipinski definition) is 2. The maximum atomic E-state index is 14.0. The van der Waals surface area contributed by atoms with E-state index < -0.39 is 35.0 Å². The molecule has 2 unspecified atom stereocenters. The highest BCUT2D eigenvalue weighted by Crippen LogP contribution is 2.38. The number of benzene rings is 2. The maximum Gasteiger partial charge on any atom is 0.433 e. The molecule has 0 saturated heterocycles. The van der Waals surface area contributed by atoms with Crippen LogP contribution in [0.5, 0.6) is 0 Å². The van der Waals surface area contributed by atoms with Gasteiger partial charge in [0, 0.05) is 29.9 Å². The summed E-state index contributed by atoms with van der Waals surface area (Å²) in [6.45, 7) is 3.23.